The highest BCUT2D eigenvalue weighted by Crippen LogP contribution is 2.16. The maximum absolute atomic E-state index is 5.52. The summed E-state index contributed by atoms with van der Waals surface area (Å²) in [5, 5.41) is 10.6. The second-order valence-electron chi connectivity index (χ2n) is 3.88. The summed E-state index contributed by atoms with van der Waals surface area (Å²) >= 11 is 1.41. The molecule has 0 bridgehead atoms. The van der Waals surface area contributed by atoms with E-state index >= 15 is 0 Å². The average Bonchev–Trinajstić information content (AvgIpc) is 3.11. The van der Waals surface area contributed by atoms with Crippen molar-refractivity contribution in [1.29, 1.82) is 0 Å². The summed E-state index contributed by atoms with van der Waals surface area (Å²) in [4.78, 5) is 7.95. The first-order valence-corrected chi connectivity index (χ1v) is 6.64. The number of nitrogens with one attached hydrogen (secondary N) is 1. The van der Waals surface area contributed by atoms with Crippen LogP contribution in [0.15, 0.2) is 47.4 Å². The number of aromatic nitrogens is 4. The van der Waals surface area contributed by atoms with E-state index in [1.807, 2.05) is 24.3 Å². The molecule has 1 aromatic carbocycles. The third kappa shape index (κ3) is 2.81. The SMILES string of the molecule is Nc1csc(NN=Cc2ccc(-n3cncn3)cc2)n1. The first kappa shape index (κ1) is 12.3. The molecule has 7 nitrogen and oxygen atoms in total. The standard InChI is InChI=1S/C12H11N7S/c13-11-6-20-12(17-11)18-15-5-9-1-3-10(4-2-9)19-8-14-7-16-19/h1-8H,13H2,(H,17,18). The number of rotatable bonds is 4. The van der Waals surface area contributed by atoms with Crippen LogP contribution >= 0.6 is 11.3 Å². The first-order valence-electron chi connectivity index (χ1n) is 5.76. The van der Waals surface area contributed by atoms with Crippen molar-refractivity contribution in [2.75, 3.05) is 11.2 Å². The summed E-state index contributed by atoms with van der Waals surface area (Å²) in [5.74, 6) is 0.491. The molecular weight excluding hydrogens is 274 g/mol. The van der Waals surface area contributed by atoms with E-state index in [1.54, 1.807) is 22.6 Å². The maximum Gasteiger partial charge on any atom is 0.205 e. The molecule has 3 rings (SSSR count). The second kappa shape index (κ2) is 5.49. The Bertz CT molecular complexity index is 700. The minimum atomic E-state index is 0.491. The van der Waals surface area contributed by atoms with Crippen LogP contribution in [-0.2, 0) is 0 Å². The van der Waals surface area contributed by atoms with E-state index in [2.05, 4.69) is 25.6 Å². The van der Waals surface area contributed by atoms with Crippen LogP contribution in [0.5, 0.6) is 0 Å². The average molecular weight is 285 g/mol. The van der Waals surface area contributed by atoms with Gasteiger partial charge in [-0.25, -0.2) is 14.6 Å². The van der Waals surface area contributed by atoms with Crippen molar-refractivity contribution < 1.29 is 0 Å². The summed E-state index contributed by atoms with van der Waals surface area (Å²) in [7, 11) is 0. The lowest BCUT2D eigenvalue weighted by Gasteiger charge is -2.00. The van der Waals surface area contributed by atoms with Crippen LogP contribution in [0.2, 0.25) is 0 Å². The molecule has 3 N–H and O–H groups in total. The Kier molecular flexibility index (Phi) is 3.38. The van der Waals surface area contributed by atoms with Gasteiger partial charge in [-0.1, -0.05) is 12.1 Å². The molecule has 20 heavy (non-hydrogen) atoms. The molecule has 0 amide bonds. The van der Waals surface area contributed by atoms with Crippen molar-refractivity contribution in [3.8, 4) is 5.69 Å². The number of benzene rings is 1. The number of anilines is 2. The van der Waals surface area contributed by atoms with Crippen LogP contribution in [0.1, 0.15) is 5.56 Å². The van der Waals surface area contributed by atoms with Crippen molar-refractivity contribution in [2.45, 2.75) is 0 Å². The Balaban J connectivity index is 1.66. The van der Waals surface area contributed by atoms with Gasteiger partial charge < -0.3 is 5.73 Å². The van der Waals surface area contributed by atoms with Crippen LogP contribution in [0.4, 0.5) is 10.9 Å². The summed E-state index contributed by atoms with van der Waals surface area (Å²) in [5.41, 5.74) is 10.3. The topological polar surface area (TPSA) is 94.0 Å². The summed E-state index contributed by atoms with van der Waals surface area (Å²) < 4.78 is 1.69. The van der Waals surface area contributed by atoms with Gasteiger partial charge >= 0.3 is 0 Å². The number of hydrogen-bond acceptors (Lipinski definition) is 7. The lowest BCUT2D eigenvalue weighted by molar-refractivity contribution is 0.879. The van der Waals surface area contributed by atoms with E-state index in [4.69, 9.17) is 5.73 Å². The van der Waals surface area contributed by atoms with E-state index in [9.17, 15) is 0 Å². The number of nitrogens with two attached hydrogens (primary N) is 1. The molecule has 0 atom stereocenters. The number of hydrazone groups is 1. The van der Waals surface area contributed by atoms with Gasteiger partial charge in [0.1, 0.15) is 18.5 Å². The fraction of sp³-hybridized carbons (Fsp3) is 0. The molecule has 2 heterocycles. The van der Waals surface area contributed by atoms with Gasteiger partial charge in [0.15, 0.2) is 0 Å². The first-order chi connectivity index (χ1) is 9.81. The van der Waals surface area contributed by atoms with Gasteiger partial charge in [-0.05, 0) is 17.7 Å². The van der Waals surface area contributed by atoms with Crippen LogP contribution in [-0.4, -0.2) is 26.0 Å². The zero-order chi connectivity index (χ0) is 13.8. The second-order valence-corrected chi connectivity index (χ2v) is 4.74. The van der Waals surface area contributed by atoms with Crippen molar-refractivity contribution in [1.82, 2.24) is 19.7 Å². The largest absolute Gasteiger partial charge is 0.383 e. The molecule has 0 saturated heterocycles. The highest BCUT2D eigenvalue weighted by atomic mass is 32.1. The van der Waals surface area contributed by atoms with Gasteiger partial charge in [0.05, 0.1) is 11.9 Å². The van der Waals surface area contributed by atoms with Crippen LogP contribution in [0.3, 0.4) is 0 Å². The molecular formula is C12H11N7S. The molecule has 2 aromatic heterocycles. The van der Waals surface area contributed by atoms with Gasteiger partial charge in [0.25, 0.3) is 0 Å². The van der Waals surface area contributed by atoms with E-state index in [0.29, 0.717) is 10.9 Å². The highest BCUT2D eigenvalue weighted by Gasteiger charge is 1.97. The minimum absolute atomic E-state index is 0.491. The van der Waals surface area contributed by atoms with Crippen LogP contribution in [0.25, 0.3) is 5.69 Å². The zero-order valence-electron chi connectivity index (χ0n) is 10.3. The molecule has 3 aromatic rings. The number of thiazole rings is 1. The van der Waals surface area contributed by atoms with Gasteiger partial charge in [0.2, 0.25) is 5.13 Å². The van der Waals surface area contributed by atoms with E-state index < -0.39 is 0 Å². The Morgan fingerprint density at radius 3 is 2.80 bits per heavy atom. The summed E-state index contributed by atoms with van der Waals surface area (Å²) in [6.45, 7) is 0. The molecule has 0 spiro atoms. The monoisotopic (exact) mass is 285 g/mol. The smallest absolute Gasteiger partial charge is 0.205 e. The van der Waals surface area contributed by atoms with Crippen molar-refractivity contribution in [3.05, 3.63) is 47.9 Å². The Hall–Kier alpha value is -2.74. The van der Waals surface area contributed by atoms with Gasteiger partial charge in [0, 0.05) is 5.38 Å². The normalized spacial score (nSPS) is 11.0. The van der Waals surface area contributed by atoms with Crippen molar-refractivity contribution >= 4 is 28.5 Å². The third-order valence-corrected chi connectivity index (χ3v) is 3.24. The van der Waals surface area contributed by atoms with E-state index in [1.165, 1.54) is 17.7 Å². The Morgan fingerprint density at radius 1 is 1.30 bits per heavy atom. The predicted octanol–water partition coefficient (Wildman–Crippen LogP) is 1.75. The molecule has 100 valence electrons. The molecule has 0 saturated carbocycles. The maximum atomic E-state index is 5.52. The van der Waals surface area contributed by atoms with Crippen LogP contribution in [0, 0.1) is 0 Å². The Labute approximate surface area is 118 Å². The molecule has 8 heteroatoms. The van der Waals surface area contributed by atoms with E-state index in [0.717, 1.165) is 11.3 Å². The fourth-order valence-electron chi connectivity index (χ4n) is 1.55. The highest BCUT2D eigenvalue weighted by molar-refractivity contribution is 7.14. The lowest BCUT2D eigenvalue weighted by atomic mass is 10.2. The third-order valence-electron chi connectivity index (χ3n) is 2.47. The van der Waals surface area contributed by atoms with Gasteiger partial charge in [-0.3, -0.25) is 5.43 Å². The molecule has 0 fully saturated rings. The van der Waals surface area contributed by atoms with Crippen molar-refractivity contribution in [2.24, 2.45) is 5.10 Å². The fourth-order valence-corrected chi connectivity index (χ4v) is 2.10. The molecule has 0 aliphatic rings. The number of nitrogen functional groups attached to an aromatic ring is 1. The number of hydrogen-bond donors (Lipinski definition) is 2. The molecule has 0 aliphatic carbocycles. The summed E-state index contributed by atoms with van der Waals surface area (Å²) in [6.07, 6.45) is 4.86. The lowest BCUT2D eigenvalue weighted by Crippen LogP contribution is -1.95. The van der Waals surface area contributed by atoms with Gasteiger partial charge in [-0.2, -0.15) is 10.2 Å². The molecule has 0 radical (unpaired) electrons. The van der Waals surface area contributed by atoms with Crippen molar-refractivity contribution in [3.63, 3.8) is 0 Å². The number of nitrogens with zero attached hydrogens (tertiary/aromatic N) is 5. The van der Waals surface area contributed by atoms with Crippen LogP contribution < -0.4 is 11.2 Å². The van der Waals surface area contributed by atoms with E-state index in [-0.39, 0.29) is 0 Å². The quantitative estimate of drug-likeness (QED) is 0.562. The molecule has 0 aliphatic heterocycles. The Morgan fingerprint density at radius 2 is 2.15 bits per heavy atom. The zero-order valence-corrected chi connectivity index (χ0v) is 11.2. The molecule has 0 unspecified atom stereocenters. The minimum Gasteiger partial charge on any atom is -0.383 e. The predicted molar refractivity (Wildman–Crippen MR) is 79.1 cm³/mol. The summed E-state index contributed by atoms with van der Waals surface area (Å²) in [6, 6.07) is 7.77. The van der Waals surface area contributed by atoms with Gasteiger partial charge in [-0.15, -0.1) is 11.3 Å².